The summed E-state index contributed by atoms with van der Waals surface area (Å²) in [6.07, 6.45) is -1.12. The standard InChI is InChI=1S/C16H22N2O6/c1-16(9-22-2)14(20)18(15(21)17-16)8-12(19)11-7-10(23-3)5-6-13(11)24-4/h5-7,12,19H,8-9H2,1-4H3,(H,17,21)/t12-,16-/m0/s1. The number of nitrogens with zero attached hydrogens (tertiary/aromatic N) is 1. The van der Waals surface area contributed by atoms with E-state index in [1.807, 2.05) is 0 Å². The van der Waals surface area contributed by atoms with Gasteiger partial charge in [-0.3, -0.25) is 9.69 Å². The van der Waals surface area contributed by atoms with Crippen LogP contribution in [0, 0.1) is 0 Å². The molecule has 0 aliphatic carbocycles. The number of imide groups is 1. The molecule has 1 aliphatic rings. The first-order valence-corrected chi connectivity index (χ1v) is 7.39. The Bertz CT molecular complexity index is 635. The minimum absolute atomic E-state index is 0.0483. The lowest BCUT2D eigenvalue weighted by atomic mass is 10.0. The molecule has 132 valence electrons. The molecular formula is C16H22N2O6. The Morgan fingerprint density at radius 3 is 2.54 bits per heavy atom. The number of hydrogen-bond donors (Lipinski definition) is 2. The maximum atomic E-state index is 12.5. The summed E-state index contributed by atoms with van der Waals surface area (Å²) < 4.78 is 15.4. The lowest BCUT2D eigenvalue weighted by Crippen LogP contribution is -2.48. The summed E-state index contributed by atoms with van der Waals surface area (Å²) in [6, 6.07) is 4.38. The molecule has 0 spiro atoms. The average molecular weight is 338 g/mol. The van der Waals surface area contributed by atoms with E-state index in [1.165, 1.54) is 21.3 Å². The number of urea groups is 1. The van der Waals surface area contributed by atoms with Crippen molar-refractivity contribution in [2.24, 2.45) is 0 Å². The SMILES string of the molecule is COC[C@]1(C)NC(=O)N(C[C@H](O)c2cc(OC)ccc2OC)C1=O. The Kier molecular flexibility index (Phi) is 5.30. The summed E-state index contributed by atoms with van der Waals surface area (Å²) >= 11 is 0. The Morgan fingerprint density at radius 2 is 1.96 bits per heavy atom. The van der Waals surface area contributed by atoms with Crippen LogP contribution in [-0.2, 0) is 9.53 Å². The molecule has 0 saturated carbocycles. The zero-order valence-corrected chi connectivity index (χ0v) is 14.2. The van der Waals surface area contributed by atoms with Gasteiger partial charge in [-0.2, -0.15) is 0 Å². The normalized spacial score (nSPS) is 21.6. The molecule has 1 aliphatic heterocycles. The number of carbonyl (C=O) groups excluding carboxylic acids is 2. The Labute approximate surface area is 140 Å². The van der Waals surface area contributed by atoms with Crippen LogP contribution in [0.1, 0.15) is 18.6 Å². The van der Waals surface area contributed by atoms with E-state index in [0.717, 1.165) is 4.90 Å². The van der Waals surface area contributed by atoms with Gasteiger partial charge >= 0.3 is 6.03 Å². The molecule has 1 saturated heterocycles. The van der Waals surface area contributed by atoms with Gasteiger partial charge in [-0.1, -0.05) is 0 Å². The zero-order chi connectivity index (χ0) is 17.9. The van der Waals surface area contributed by atoms with Crippen LogP contribution >= 0.6 is 0 Å². The fraction of sp³-hybridized carbons (Fsp3) is 0.500. The third kappa shape index (κ3) is 3.29. The first-order chi connectivity index (χ1) is 11.4. The third-order valence-electron chi connectivity index (χ3n) is 3.93. The second-order valence-corrected chi connectivity index (χ2v) is 5.73. The minimum atomic E-state index is -1.13. The van der Waals surface area contributed by atoms with E-state index in [-0.39, 0.29) is 13.2 Å². The molecular weight excluding hydrogens is 316 g/mol. The van der Waals surface area contributed by atoms with Crippen molar-refractivity contribution in [3.05, 3.63) is 23.8 Å². The van der Waals surface area contributed by atoms with Crippen molar-refractivity contribution < 1.29 is 28.9 Å². The topological polar surface area (TPSA) is 97.3 Å². The molecule has 0 radical (unpaired) electrons. The minimum Gasteiger partial charge on any atom is -0.497 e. The Morgan fingerprint density at radius 1 is 1.25 bits per heavy atom. The van der Waals surface area contributed by atoms with E-state index in [9.17, 15) is 14.7 Å². The van der Waals surface area contributed by atoms with Gasteiger partial charge in [0, 0.05) is 12.7 Å². The van der Waals surface area contributed by atoms with Gasteiger partial charge in [0.15, 0.2) is 0 Å². The number of nitrogens with one attached hydrogen (secondary N) is 1. The molecule has 1 heterocycles. The number of methoxy groups -OCH3 is 3. The second kappa shape index (κ2) is 7.06. The van der Waals surface area contributed by atoms with Crippen molar-refractivity contribution in [1.29, 1.82) is 0 Å². The van der Waals surface area contributed by atoms with E-state index >= 15 is 0 Å². The van der Waals surface area contributed by atoms with Crippen LogP contribution in [0.25, 0.3) is 0 Å². The lowest BCUT2D eigenvalue weighted by Gasteiger charge is -2.22. The van der Waals surface area contributed by atoms with Crippen LogP contribution in [0.5, 0.6) is 11.5 Å². The fourth-order valence-electron chi connectivity index (χ4n) is 2.67. The second-order valence-electron chi connectivity index (χ2n) is 5.73. The number of benzene rings is 1. The summed E-state index contributed by atoms with van der Waals surface area (Å²) in [5.74, 6) is 0.525. The van der Waals surface area contributed by atoms with E-state index in [1.54, 1.807) is 25.1 Å². The highest BCUT2D eigenvalue weighted by Gasteiger charge is 2.48. The van der Waals surface area contributed by atoms with E-state index in [4.69, 9.17) is 14.2 Å². The highest BCUT2D eigenvalue weighted by molar-refractivity contribution is 6.06. The van der Waals surface area contributed by atoms with Crippen molar-refractivity contribution in [2.75, 3.05) is 34.5 Å². The molecule has 1 aromatic carbocycles. The molecule has 0 unspecified atom stereocenters. The Balaban J connectivity index is 2.22. The molecule has 1 aromatic rings. The van der Waals surface area contributed by atoms with Crippen LogP contribution in [0.4, 0.5) is 4.79 Å². The molecule has 2 atom stereocenters. The Hall–Kier alpha value is -2.32. The van der Waals surface area contributed by atoms with Gasteiger partial charge in [-0.25, -0.2) is 4.79 Å². The molecule has 1 fully saturated rings. The quantitative estimate of drug-likeness (QED) is 0.710. The summed E-state index contributed by atoms with van der Waals surface area (Å²) in [6.45, 7) is 1.43. The van der Waals surface area contributed by atoms with Crippen molar-refractivity contribution in [2.45, 2.75) is 18.6 Å². The highest BCUT2D eigenvalue weighted by Crippen LogP contribution is 2.31. The van der Waals surface area contributed by atoms with Crippen molar-refractivity contribution in [1.82, 2.24) is 10.2 Å². The first kappa shape index (κ1) is 18.0. The van der Waals surface area contributed by atoms with Crippen LogP contribution in [-0.4, -0.2) is 62.0 Å². The number of aliphatic hydroxyl groups excluding tert-OH is 1. The molecule has 3 amide bonds. The predicted octanol–water partition coefficient (Wildman–Crippen LogP) is 0.694. The average Bonchev–Trinajstić information content (AvgIpc) is 2.77. The summed E-state index contributed by atoms with van der Waals surface area (Å²) in [4.78, 5) is 25.5. The number of rotatable bonds is 7. The maximum absolute atomic E-state index is 12.5. The molecule has 2 rings (SSSR count). The van der Waals surface area contributed by atoms with Crippen LogP contribution in [0.15, 0.2) is 18.2 Å². The van der Waals surface area contributed by atoms with Gasteiger partial charge in [0.25, 0.3) is 5.91 Å². The molecule has 2 N–H and O–H groups in total. The van der Waals surface area contributed by atoms with Gasteiger partial charge < -0.3 is 24.6 Å². The largest absolute Gasteiger partial charge is 0.497 e. The van der Waals surface area contributed by atoms with E-state index < -0.39 is 23.6 Å². The third-order valence-corrected chi connectivity index (χ3v) is 3.93. The fourth-order valence-corrected chi connectivity index (χ4v) is 2.67. The van der Waals surface area contributed by atoms with Crippen molar-refractivity contribution in [3.8, 4) is 11.5 Å². The molecule has 24 heavy (non-hydrogen) atoms. The van der Waals surface area contributed by atoms with Crippen LogP contribution in [0.3, 0.4) is 0 Å². The van der Waals surface area contributed by atoms with E-state index in [2.05, 4.69) is 5.32 Å². The van der Waals surface area contributed by atoms with Crippen LogP contribution in [0.2, 0.25) is 0 Å². The number of aliphatic hydroxyl groups is 1. The van der Waals surface area contributed by atoms with Gasteiger partial charge in [0.2, 0.25) is 0 Å². The number of hydrogen-bond acceptors (Lipinski definition) is 6. The monoisotopic (exact) mass is 338 g/mol. The number of ether oxygens (including phenoxy) is 3. The molecule has 8 heteroatoms. The summed E-state index contributed by atoms with van der Waals surface area (Å²) in [5.41, 5.74) is -0.706. The van der Waals surface area contributed by atoms with Crippen molar-refractivity contribution in [3.63, 3.8) is 0 Å². The van der Waals surface area contributed by atoms with Gasteiger partial charge in [-0.05, 0) is 25.1 Å². The molecule has 0 aromatic heterocycles. The number of amides is 3. The number of β-amino-alcohol motifs (C(OH)–C–C–N with tert-alkyl or cyclic N) is 1. The predicted molar refractivity (Wildman–Crippen MR) is 85.0 cm³/mol. The van der Waals surface area contributed by atoms with Crippen LogP contribution < -0.4 is 14.8 Å². The lowest BCUT2D eigenvalue weighted by molar-refractivity contribution is -0.133. The highest BCUT2D eigenvalue weighted by atomic mass is 16.5. The smallest absolute Gasteiger partial charge is 0.325 e. The summed E-state index contributed by atoms with van der Waals surface area (Å²) in [5, 5.41) is 13.1. The van der Waals surface area contributed by atoms with E-state index in [0.29, 0.717) is 17.1 Å². The zero-order valence-electron chi connectivity index (χ0n) is 14.2. The van der Waals surface area contributed by atoms with Crippen molar-refractivity contribution >= 4 is 11.9 Å². The summed E-state index contributed by atoms with van der Waals surface area (Å²) in [7, 11) is 4.43. The molecule has 0 bridgehead atoms. The molecule has 8 nitrogen and oxygen atoms in total. The first-order valence-electron chi connectivity index (χ1n) is 7.39. The maximum Gasteiger partial charge on any atom is 0.325 e. The van der Waals surface area contributed by atoms with Gasteiger partial charge in [-0.15, -0.1) is 0 Å². The van der Waals surface area contributed by atoms with Gasteiger partial charge in [0.05, 0.1) is 27.4 Å². The number of carbonyl (C=O) groups is 2. The van der Waals surface area contributed by atoms with Gasteiger partial charge in [0.1, 0.15) is 23.1 Å².